The van der Waals surface area contributed by atoms with Crippen molar-refractivity contribution in [2.24, 2.45) is 5.10 Å². The lowest BCUT2D eigenvalue weighted by atomic mass is 10.2. The quantitative estimate of drug-likeness (QED) is 0.335. The summed E-state index contributed by atoms with van der Waals surface area (Å²) in [7, 11) is 0. The highest BCUT2D eigenvalue weighted by Crippen LogP contribution is 2.31. The average Bonchev–Trinajstić information content (AvgIpc) is 2.79. The number of hydrazone groups is 1. The van der Waals surface area contributed by atoms with Gasteiger partial charge in [-0.25, -0.2) is 5.43 Å². The summed E-state index contributed by atoms with van der Waals surface area (Å²) in [4.78, 5) is 0. The summed E-state index contributed by atoms with van der Waals surface area (Å²) in [6, 6.07) is 8.04. The van der Waals surface area contributed by atoms with Crippen molar-refractivity contribution in [3.8, 4) is 0 Å². The van der Waals surface area contributed by atoms with Gasteiger partial charge in [0.05, 0.1) is 11.4 Å². The maximum atomic E-state index is 3.71. The molecule has 3 rings (SSSR count). The number of rotatable bonds is 2. The van der Waals surface area contributed by atoms with Crippen LogP contribution in [-0.2, 0) is 0 Å². The highest BCUT2D eigenvalue weighted by molar-refractivity contribution is 5.72. The van der Waals surface area contributed by atoms with Gasteiger partial charge in [0.1, 0.15) is 6.17 Å². The first-order valence-electron chi connectivity index (χ1n) is 5.02. The molecular weight excluding hydrogens is 206 g/mol. The SMILES string of the molecule is C=NNC1Nc2ccccc2N2NNNC12. The zero-order valence-electron chi connectivity index (χ0n) is 8.57. The zero-order valence-corrected chi connectivity index (χ0v) is 8.57. The second-order valence-corrected chi connectivity index (χ2v) is 3.62. The van der Waals surface area contributed by atoms with E-state index in [2.05, 4.69) is 39.1 Å². The lowest BCUT2D eigenvalue weighted by Gasteiger charge is -2.37. The largest absolute Gasteiger partial charge is 0.360 e. The van der Waals surface area contributed by atoms with E-state index >= 15 is 0 Å². The molecule has 0 bridgehead atoms. The molecule has 0 radical (unpaired) electrons. The first kappa shape index (κ1) is 9.40. The lowest BCUT2D eigenvalue weighted by Crippen LogP contribution is -2.59. The summed E-state index contributed by atoms with van der Waals surface area (Å²) >= 11 is 0. The molecule has 2 aliphatic rings. The number of benzene rings is 1. The molecule has 0 amide bonds. The van der Waals surface area contributed by atoms with Gasteiger partial charge < -0.3 is 5.32 Å². The molecule has 1 aromatic rings. The fraction of sp³-hybridized carbons (Fsp3) is 0.222. The van der Waals surface area contributed by atoms with Crippen LogP contribution in [-0.4, -0.2) is 19.0 Å². The molecular formula is C9H13N7. The molecule has 1 aromatic carbocycles. The molecule has 7 nitrogen and oxygen atoms in total. The van der Waals surface area contributed by atoms with Crippen molar-refractivity contribution < 1.29 is 0 Å². The third-order valence-electron chi connectivity index (χ3n) is 2.70. The van der Waals surface area contributed by atoms with Gasteiger partial charge in [0, 0.05) is 6.72 Å². The van der Waals surface area contributed by atoms with Crippen molar-refractivity contribution >= 4 is 18.1 Å². The van der Waals surface area contributed by atoms with Crippen LogP contribution < -0.4 is 32.2 Å². The summed E-state index contributed by atoms with van der Waals surface area (Å²) in [6.45, 7) is 3.44. The first-order valence-corrected chi connectivity index (χ1v) is 5.02. The van der Waals surface area contributed by atoms with Crippen molar-refractivity contribution in [3.05, 3.63) is 24.3 Å². The summed E-state index contributed by atoms with van der Waals surface area (Å²) in [6.07, 6.45) is -0.0460. The van der Waals surface area contributed by atoms with Gasteiger partial charge in [-0.2, -0.15) is 16.2 Å². The van der Waals surface area contributed by atoms with Crippen LogP contribution in [0.5, 0.6) is 0 Å². The standard InChI is InChI=1S/C9H13N7/c1-10-12-8-9-13-14-15-16(9)7-5-3-2-4-6(7)11-8/h2-5,8-9,11-15H,1H2. The minimum Gasteiger partial charge on any atom is -0.360 e. The van der Waals surface area contributed by atoms with E-state index in [-0.39, 0.29) is 12.3 Å². The van der Waals surface area contributed by atoms with Gasteiger partial charge in [0.2, 0.25) is 0 Å². The molecule has 84 valence electrons. The summed E-state index contributed by atoms with van der Waals surface area (Å²) in [5.74, 6) is 0. The fourth-order valence-corrected chi connectivity index (χ4v) is 2.00. The van der Waals surface area contributed by atoms with Gasteiger partial charge in [0.15, 0.2) is 6.17 Å². The van der Waals surface area contributed by atoms with Crippen LogP contribution in [0, 0.1) is 0 Å². The van der Waals surface area contributed by atoms with Crippen LogP contribution in [0.4, 0.5) is 11.4 Å². The predicted octanol–water partition coefficient (Wildman–Crippen LogP) is -0.697. The number of anilines is 2. The minimum atomic E-state index is -0.0603. The number of hydrogen-bond acceptors (Lipinski definition) is 7. The number of para-hydroxylation sites is 2. The van der Waals surface area contributed by atoms with E-state index in [1.165, 1.54) is 0 Å². The van der Waals surface area contributed by atoms with Crippen LogP contribution >= 0.6 is 0 Å². The average molecular weight is 219 g/mol. The Balaban J connectivity index is 1.98. The smallest absolute Gasteiger partial charge is 0.150 e. The molecule has 16 heavy (non-hydrogen) atoms. The molecule has 2 heterocycles. The molecule has 0 saturated carbocycles. The molecule has 0 spiro atoms. The van der Waals surface area contributed by atoms with E-state index in [9.17, 15) is 0 Å². The first-order chi connectivity index (χ1) is 7.90. The predicted molar refractivity (Wildman–Crippen MR) is 62.2 cm³/mol. The Labute approximate surface area is 92.8 Å². The number of nitrogens with one attached hydrogen (secondary N) is 5. The van der Waals surface area contributed by atoms with Gasteiger partial charge in [-0.15, -0.1) is 0 Å². The third kappa shape index (κ3) is 1.30. The molecule has 0 aliphatic carbocycles. The lowest BCUT2D eigenvalue weighted by molar-refractivity contribution is 0.423. The number of hydrazine groups is 3. The Bertz CT molecular complexity index is 407. The minimum absolute atomic E-state index is 0.0143. The summed E-state index contributed by atoms with van der Waals surface area (Å²) in [5, 5.41) is 9.04. The summed E-state index contributed by atoms with van der Waals surface area (Å²) < 4.78 is 0. The van der Waals surface area contributed by atoms with Gasteiger partial charge >= 0.3 is 0 Å². The second-order valence-electron chi connectivity index (χ2n) is 3.62. The third-order valence-corrected chi connectivity index (χ3v) is 2.70. The Morgan fingerprint density at radius 2 is 2.25 bits per heavy atom. The van der Waals surface area contributed by atoms with Crippen LogP contribution in [0.25, 0.3) is 0 Å². The van der Waals surface area contributed by atoms with Crippen LogP contribution in [0.1, 0.15) is 0 Å². The highest BCUT2D eigenvalue weighted by atomic mass is 15.9. The molecule has 1 fully saturated rings. The maximum absolute atomic E-state index is 3.71. The van der Waals surface area contributed by atoms with Crippen molar-refractivity contribution in [1.82, 2.24) is 21.9 Å². The van der Waals surface area contributed by atoms with Gasteiger partial charge in [-0.1, -0.05) is 12.1 Å². The van der Waals surface area contributed by atoms with Gasteiger partial charge in [-0.3, -0.25) is 10.4 Å². The Kier molecular flexibility index (Phi) is 2.13. The monoisotopic (exact) mass is 219 g/mol. The topological polar surface area (TPSA) is 75.8 Å². The van der Waals surface area contributed by atoms with E-state index in [0.29, 0.717) is 0 Å². The van der Waals surface area contributed by atoms with Crippen molar-refractivity contribution in [3.63, 3.8) is 0 Å². The van der Waals surface area contributed by atoms with E-state index in [1.807, 2.05) is 29.3 Å². The molecule has 2 atom stereocenters. The van der Waals surface area contributed by atoms with E-state index < -0.39 is 0 Å². The Morgan fingerprint density at radius 1 is 1.38 bits per heavy atom. The number of hydrogen-bond donors (Lipinski definition) is 5. The summed E-state index contributed by atoms with van der Waals surface area (Å²) in [5.41, 5.74) is 14.0. The van der Waals surface area contributed by atoms with Crippen molar-refractivity contribution in [2.75, 3.05) is 10.3 Å². The molecule has 2 unspecified atom stereocenters. The van der Waals surface area contributed by atoms with Gasteiger partial charge in [0.25, 0.3) is 0 Å². The van der Waals surface area contributed by atoms with Crippen LogP contribution in [0.2, 0.25) is 0 Å². The molecule has 2 aliphatic heterocycles. The second kappa shape index (κ2) is 3.63. The Morgan fingerprint density at radius 3 is 3.12 bits per heavy atom. The molecule has 1 saturated heterocycles. The van der Waals surface area contributed by atoms with Crippen LogP contribution in [0.3, 0.4) is 0 Å². The van der Waals surface area contributed by atoms with Crippen molar-refractivity contribution in [1.29, 1.82) is 0 Å². The van der Waals surface area contributed by atoms with E-state index in [4.69, 9.17) is 0 Å². The van der Waals surface area contributed by atoms with Crippen molar-refractivity contribution in [2.45, 2.75) is 12.3 Å². The maximum Gasteiger partial charge on any atom is 0.150 e. The normalized spacial score (nSPS) is 26.6. The van der Waals surface area contributed by atoms with E-state index in [0.717, 1.165) is 11.4 Å². The number of fused-ring (bicyclic) bond motifs is 3. The molecule has 7 heteroatoms. The fourth-order valence-electron chi connectivity index (χ4n) is 2.00. The number of nitrogens with zero attached hydrogens (tertiary/aromatic N) is 2. The molecule has 0 aromatic heterocycles. The highest BCUT2D eigenvalue weighted by Gasteiger charge is 2.37. The van der Waals surface area contributed by atoms with Gasteiger partial charge in [-0.05, 0) is 12.1 Å². The Hall–Kier alpha value is -1.83. The molecule has 5 N–H and O–H groups in total. The van der Waals surface area contributed by atoms with Crippen LogP contribution in [0.15, 0.2) is 29.4 Å². The zero-order chi connectivity index (χ0) is 11.0. The van der Waals surface area contributed by atoms with E-state index in [1.54, 1.807) is 0 Å².